The van der Waals surface area contributed by atoms with E-state index < -0.39 is 11.9 Å². The number of benzene rings is 3. The third-order valence-corrected chi connectivity index (χ3v) is 5.11. The molecule has 0 aliphatic carbocycles. The van der Waals surface area contributed by atoms with Crippen molar-refractivity contribution in [2.45, 2.75) is 0 Å². The molecular formula is C23H18BrClN2O5. The first-order valence-corrected chi connectivity index (χ1v) is 10.4. The summed E-state index contributed by atoms with van der Waals surface area (Å²) in [6.07, 6.45) is 1.37. The minimum Gasteiger partial charge on any atom is -0.493 e. The lowest BCUT2D eigenvalue weighted by Crippen LogP contribution is -2.18. The lowest BCUT2D eigenvalue weighted by atomic mass is 10.2. The van der Waals surface area contributed by atoms with Gasteiger partial charge in [-0.15, -0.1) is 0 Å². The number of hydrogen-bond acceptors (Lipinski definition) is 6. The van der Waals surface area contributed by atoms with E-state index in [0.717, 1.165) is 4.47 Å². The topological polar surface area (TPSA) is 86.2 Å². The molecule has 0 radical (unpaired) electrons. The Hall–Kier alpha value is -3.36. The molecule has 0 saturated heterocycles. The van der Waals surface area contributed by atoms with E-state index in [1.165, 1.54) is 20.4 Å². The van der Waals surface area contributed by atoms with Gasteiger partial charge in [0.15, 0.2) is 11.5 Å². The van der Waals surface area contributed by atoms with Crippen molar-refractivity contribution in [3.8, 4) is 17.2 Å². The van der Waals surface area contributed by atoms with Crippen molar-refractivity contribution in [3.05, 3.63) is 86.8 Å². The number of nitrogens with zero attached hydrogens (tertiary/aromatic N) is 1. The van der Waals surface area contributed by atoms with Crippen molar-refractivity contribution in [2.24, 2.45) is 5.10 Å². The highest BCUT2D eigenvalue weighted by Crippen LogP contribution is 2.27. The first-order valence-electron chi connectivity index (χ1n) is 9.24. The molecule has 3 aromatic rings. The number of hydrazone groups is 1. The molecule has 0 spiro atoms. The van der Waals surface area contributed by atoms with Gasteiger partial charge in [-0.1, -0.05) is 39.7 Å². The van der Waals surface area contributed by atoms with Crippen molar-refractivity contribution in [2.75, 3.05) is 14.2 Å². The normalized spacial score (nSPS) is 10.6. The van der Waals surface area contributed by atoms with Crippen LogP contribution in [0.2, 0.25) is 5.02 Å². The number of amides is 1. The van der Waals surface area contributed by atoms with Crippen LogP contribution in [0, 0.1) is 0 Å². The summed E-state index contributed by atoms with van der Waals surface area (Å²) in [6.45, 7) is 0. The number of hydrogen-bond donors (Lipinski definition) is 1. The number of rotatable bonds is 7. The van der Waals surface area contributed by atoms with Crippen LogP contribution in [-0.4, -0.2) is 32.3 Å². The first kappa shape index (κ1) is 23.3. The minimum atomic E-state index is -0.609. The average Bonchev–Trinajstić information content (AvgIpc) is 2.80. The summed E-state index contributed by atoms with van der Waals surface area (Å²) >= 11 is 9.44. The zero-order chi connectivity index (χ0) is 23.1. The number of carbonyl (C=O) groups excluding carboxylic acids is 2. The zero-order valence-electron chi connectivity index (χ0n) is 17.1. The van der Waals surface area contributed by atoms with E-state index >= 15 is 0 Å². The van der Waals surface area contributed by atoms with E-state index in [-0.39, 0.29) is 16.3 Å². The Labute approximate surface area is 198 Å². The fraction of sp³-hybridized carbons (Fsp3) is 0.0870. The molecule has 0 bridgehead atoms. The number of methoxy groups -OCH3 is 2. The maximum absolute atomic E-state index is 12.5. The average molecular weight is 518 g/mol. The molecule has 1 amide bonds. The highest BCUT2D eigenvalue weighted by atomic mass is 79.9. The van der Waals surface area contributed by atoms with Gasteiger partial charge in [0, 0.05) is 15.6 Å². The summed E-state index contributed by atoms with van der Waals surface area (Å²) in [7, 11) is 2.99. The van der Waals surface area contributed by atoms with Crippen molar-refractivity contribution in [1.29, 1.82) is 0 Å². The Kier molecular flexibility index (Phi) is 7.86. The van der Waals surface area contributed by atoms with Crippen LogP contribution >= 0.6 is 27.5 Å². The fourth-order valence-electron chi connectivity index (χ4n) is 2.70. The number of halogens is 2. The molecular weight excluding hydrogens is 500 g/mol. The molecule has 0 heterocycles. The van der Waals surface area contributed by atoms with Gasteiger partial charge in [-0.25, -0.2) is 10.2 Å². The van der Waals surface area contributed by atoms with Crippen LogP contribution in [-0.2, 0) is 0 Å². The van der Waals surface area contributed by atoms with E-state index in [9.17, 15) is 9.59 Å². The van der Waals surface area contributed by atoms with Crippen LogP contribution in [0.3, 0.4) is 0 Å². The second kappa shape index (κ2) is 10.8. The van der Waals surface area contributed by atoms with Gasteiger partial charge in [-0.05, 0) is 48.5 Å². The number of ether oxygens (including phenoxy) is 3. The third-order valence-electron chi connectivity index (χ3n) is 4.28. The van der Waals surface area contributed by atoms with E-state index in [1.54, 1.807) is 60.7 Å². The van der Waals surface area contributed by atoms with Gasteiger partial charge in [0.05, 0.1) is 31.0 Å². The van der Waals surface area contributed by atoms with Crippen LogP contribution in [0.4, 0.5) is 0 Å². The summed E-state index contributed by atoms with van der Waals surface area (Å²) in [5, 5.41) is 4.26. The van der Waals surface area contributed by atoms with Crippen LogP contribution in [0.5, 0.6) is 17.2 Å². The summed E-state index contributed by atoms with van der Waals surface area (Å²) in [6, 6.07) is 16.4. The summed E-state index contributed by atoms with van der Waals surface area (Å²) in [5.74, 6) is 0.118. The van der Waals surface area contributed by atoms with E-state index in [4.69, 9.17) is 25.8 Å². The van der Waals surface area contributed by atoms with E-state index in [1.807, 2.05) is 0 Å². The smallest absolute Gasteiger partial charge is 0.345 e. The van der Waals surface area contributed by atoms with Gasteiger partial charge in [0.2, 0.25) is 0 Å². The molecule has 0 fully saturated rings. The second-order valence-corrected chi connectivity index (χ2v) is 7.64. The van der Waals surface area contributed by atoms with Crippen molar-refractivity contribution in [1.82, 2.24) is 5.43 Å². The molecule has 3 aromatic carbocycles. The van der Waals surface area contributed by atoms with E-state index in [0.29, 0.717) is 22.6 Å². The molecule has 7 nitrogen and oxygen atoms in total. The van der Waals surface area contributed by atoms with Gasteiger partial charge in [-0.3, -0.25) is 4.79 Å². The highest BCUT2D eigenvalue weighted by Gasteiger charge is 2.15. The van der Waals surface area contributed by atoms with Gasteiger partial charge in [0.1, 0.15) is 5.75 Å². The van der Waals surface area contributed by atoms with Gasteiger partial charge >= 0.3 is 5.97 Å². The lowest BCUT2D eigenvalue weighted by molar-refractivity contribution is 0.0734. The third kappa shape index (κ3) is 5.66. The Balaban J connectivity index is 1.76. The Morgan fingerprint density at radius 3 is 2.41 bits per heavy atom. The molecule has 0 aromatic heterocycles. The largest absolute Gasteiger partial charge is 0.493 e. The van der Waals surface area contributed by atoms with Gasteiger partial charge in [0.25, 0.3) is 5.91 Å². The molecule has 164 valence electrons. The molecule has 32 heavy (non-hydrogen) atoms. The molecule has 0 atom stereocenters. The quantitative estimate of drug-likeness (QED) is 0.204. The Bertz CT molecular complexity index is 1180. The van der Waals surface area contributed by atoms with Crippen LogP contribution in [0.1, 0.15) is 26.3 Å². The maximum Gasteiger partial charge on any atom is 0.345 e. The first-order chi connectivity index (χ1) is 15.4. The van der Waals surface area contributed by atoms with Crippen LogP contribution in [0.15, 0.2) is 70.2 Å². The second-order valence-electron chi connectivity index (χ2n) is 6.32. The standard InChI is InChI=1S/C23H18BrClN2O5/c1-30-20-9-7-14(12-21(20)31-2)22(28)27-26-13-15-11-16(24)8-10-19(15)32-23(29)17-5-3-4-6-18(17)25/h3-13H,1-2H3,(H,27,28)/b26-13+. The maximum atomic E-state index is 12.5. The summed E-state index contributed by atoms with van der Waals surface area (Å²) < 4.78 is 16.6. The van der Waals surface area contributed by atoms with Gasteiger partial charge in [-0.2, -0.15) is 5.10 Å². The zero-order valence-corrected chi connectivity index (χ0v) is 19.4. The number of carbonyl (C=O) groups is 2. The molecule has 0 aliphatic heterocycles. The number of nitrogens with one attached hydrogen (secondary N) is 1. The molecule has 0 aliphatic rings. The molecule has 9 heteroatoms. The highest BCUT2D eigenvalue weighted by molar-refractivity contribution is 9.10. The van der Waals surface area contributed by atoms with Crippen molar-refractivity contribution in [3.63, 3.8) is 0 Å². The van der Waals surface area contributed by atoms with Crippen LogP contribution < -0.4 is 19.6 Å². The van der Waals surface area contributed by atoms with Crippen LogP contribution in [0.25, 0.3) is 0 Å². The molecule has 1 N–H and O–H groups in total. The molecule has 3 rings (SSSR count). The molecule has 0 unspecified atom stereocenters. The Morgan fingerprint density at radius 2 is 1.69 bits per heavy atom. The van der Waals surface area contributed by atoms with Gasteiger partial charge < -0.3 is 14.2 Å². The lowest BCUT2D eigenvalue weighted by Gasteiger charge is -2.09. The minimum absolute atomic E-state index is 0.238. The number of esters is 1. The summed E-state index contributed by atoms with van der Waals surface area (Å²) in [5.41, 5.74) is 3.47. The molecule has 0 saturated carbocycles. The Morgan fingerprint density at radius 1 is 0.969 bits per heavy atom. The van der Waals surface area contributed by atoms with Crippen molar-refractivity contribution < 1.29 is 23.8 Å². The predicted molar refractivity (Wildman–Crippen MR) is 125 cm³/mol. The monoisotopic (exact) mass is 516 g/mol. The fourth-order valence-corrected chi connectivity index (χ4v) is 3.29. The summed E-state index contributed by atoms with van der Waals surface area (Å²) in [4.78, 5) is 24.9. The van der Waals surface area contributed by atoms with E-state index in [2.05, 4.69) is 26.5 Å². The predicted octanol–water partition coefficient (Wildman–Crippen LogP) is 5.10. The van der Waals surface area contributed by atoms with Crippen molar-refractivity contribution >= 4 is 45.6 Å². The SMILES string of the molecule is COc1ccc(C(=O)N/N=C/c2cc(Br)ccc2OC(=O)c2ccccc2Cl)cc1OC.